The van der Waals surface area contributed by atoms with Gasteiger partial charge in [-0.3, -0.25) is 9.98 Å². The van der Waals surface area contributed by atoms with E-state index in [1.165, 1.54) is 0 Å². The summed E-state index contributed by atoms with van der Waals surface area (Å²) in [5.74, 6) is 1.27. The first kappa shape index (κ1) is 15.8. The molecule has 3 nitrogen and oxygen atoms in total. The van der Waals surface area contributed by atoms with Crippen LogP contribution in [-0.2, 0) is 0 Å². The van der Waals surface area contributed by atoms with E-state index in [0.29, 0.717) is 27.3 Å². The zero-order valence-electron chi connectivity index (χ0n) is 12.2. The molecule has 0 unspecified atom stereocenters. The van der Waals surface area contributed by atoms with Crippen LogP contribution in [0, 0.1) is 0 Å². The zero-order valence-corrected chi connectivity index (χ0v) is 13.8. The molecule has 23 heavy (non-hydrogen) atoms. The van der Waals surface area contributed by atoms with Gasteiger partial charge in [-0.05, 0) is 37.1 Å². The Bertz CT molecular complexity index is 816. The molecular formula is C18H14Cl2N2O. The van der Waals surface area contributed by atoms with Gasteiger partial charge in [-0.25, -0.2) is 0 Å². The van der Waals surface area contributed by atoms with E-state index in [-0.39, 0.29) is 0 Å². The standard InChI is InChI=1S/C18H14Cl2N2O/c19-15-5-1-3-7-17(15)21-11-13-9-10-14(23-13)12-22-18-8-4-2-6-16(18)20/h1,3,5-12H,2,4H2. The SMILES string of the molecule is ClC1=CCCC=C1N=Cc1ccc(C=Nc2ccccc2Cl)o1. The highest BCUT2D eigenvalue weighted by atomic mass is 35.5. The molecule has 0 saturated heterocycles. The summed E-state index contributed by atoms with van der Waals surface area (Å²) in [6.07, 6.45) is 9.18. The highest BCUT2D eigenvalue weighted by Gasteiger charge is 2.05. The lowest BCUT2D eigenvalue weighted by Gasteiger charge is -2.04. The van der Waals surface area contributed by atoms with Crippen molar-refractivity contribution in [1.29, 1.82) is 0 Å². The van der Waals surface area contributed by atoms with E-state index in [1.54, 1.807) is 18.5 Å². The Morgan fingerprint density at radius 2 is 1.57 bits per heavy atom. The van der Waals surface area contributed by atoms with E-state index in [4.69, 9.17) is 27.6 Å². The number of aliphatic imine (C=N–C) groups is 2. The van der Waals surface area contributed by atoms with Crippen LogP contribution in [0.15, 0.2) is 73.7 Å². The minimum Gasteiger partial charge on any atom is -0.454 e. The number of allylic oxidation sites excluding steroid dienone is 3. The van der Waals surface area contributed by atoms with Crippen LogP contribution in [0.3, 0.4) is 0 Å². The van der Waals surface area contributed by atoms with Crippen LogP contribution < -0.4 is 0 Å². The largest absolute Gasteiger partial charge is 0.454 e. The fourth-order valence-electron chi connectivity index (χ4n) is 2.08. The predicted molar refractivity (Wildman–Crippen MR) is 96.3 cm³/mol. The molecule has 1 aromatic heterocycles. The molecule has 0 amide bonds. The first-order valence-corrected chi connectivity index (χ1v) is 7.96. The van der Waals surface area contributed by atoms with Gasteiger partial charge in [0.2, 0.25) is 0 Å². The molecule has 1 aromatic carbocycles. The highest BCUT2D eigenvalue weighted by molar-refractivity contribution is 6.33. The molecule has 0 atom stereocenters. The van der Waals surface area contributed by atoms with E-state index in [1.807, 2.05) is 42.5 Å². The van der Waals surface area contributed by atoms with Gasteiger partial charge in [-0.2, -0.15) is 0 Å². The Kier molecular flexibility index (Phi) is 5.11. The molecule has 0 N–H and O–H groups in total. The topological polar surface area (TPSA) is 37.9 Å². The molecule has 0 aliphatic heterocycles. The Balaban J connectivity index is 1.70. The Morgan fingerprint density at radius 1 is 0.870 bits per heavy atom. The molecule has 116 valence electrons. The van der Waals surface area contributed by atoms with Gasteiger partial charge in [0, 0.05) is 0 Å². The van der Waals surface area contributed by atoms with Crippen LogP contribution in [0.1, 0.15) is 24.4 Å². The van der Waals surface area contributed by atoms with Gasteiger partial charge in [0.1, 0.15) is 11.5 Å². The number of furan rings is 1. The summed E-state index contributed by atoms with van der Waals surface area (Å²) in [5.41, 5.74) is 1.48. The smallest absolute Gasteiger partial charge is 0.145 e. The van der Waals surface area contributed by atoms with Gasteiger partial charge in [0.05, 0.1) is 33.9 Å². The summed E-state index contributed by atoms with van der Waals surface area (Å²) in [5, 5.41) is 1.28. The molecule has 0 radical (unpaired) electrons. The first-order chi connectivity index (χ1) is 11.2. The second kappa shape index (κ2) is 7.44. The van der Waals surface area contributed by atoms with E-state index < -0.39 is 0 Å². The van der Waals surface area contributed by atoms with Crippen molar-refractivity contribution in [2.24, 2.45) is 9.98 Å². The van der Waals surface area contributed by atoms with Crippen LogP contribution in [0.2, 0.25) is 5.02 Å². The molecular weight excluding hydrogens is 331 g/mol. The number of benzene rings is 1. The third kappa shape index (κ3) is 4.21. The Morgan fingerprint density at radius 3 is 2.30 bits per heavy atom. The lowest BCUT2D eigenvalue weighted by atomic mass is 10.1. The maximum atomic E-state index is 6.10. The van der Waals surface area contributed by atoms with Crippen molar-refractivity contribution in [3.63, 3.8) is 0 Å². The van der Waals surface area contributed by atoms with Gasteiger partial charge in [-0.15, -0.1) is 0 Å². The number of nitrogens with zero attached hydrogens (tertiary/aromatic N) is 2. The molecule has 5 heteroatoms. The summed E-state index contributed by atoms with van der Waals surface area (Å²) >= 11 is 12.2. The van der Waals surface area contributed by atoms with E-state index in [9.17, 15) is 0 Å². The summed E-state index contributed by atoms with van der Waals surface area (Å²) in [6, 6.07) is 11.0. The monoisotopic (exact) mass is 344 g/mol. The number of halogens is 2. The minimum absolute atomic E-state index is 0.600. The second-order valence-corrected chi connectivity index (χ2v) is 5.74. The van der Waals surface area contributed by atoms with Gasteiger partial charge in [0.25, 0.3) is 0 Å². The second-order valence-electron chi connectivity index (χ2n) is 4.93. The summed E-state index contributed by atoms with van der Waals surface area (Å²) in [4.78, 5) is 8.67. The number of hydrogen-bond donors (Lipinski definition) is 0. The number of rotatable bonds is 4. The zero-order chi connectivity index (χ0) is 16.1. The highest BCUT2D eigenvalue weighted by Crippen LogP contribution is 2.24. The van der Waals surface area contributed by atoms with Crippen molar-refractivity contribution < 1.29 is 4.42 Å². The molecule has 2 aromatic rings. The van der Waals surface area contributed by atoms with Crippen LogP contribution >= 0.6 is 23.2 Å². The van der Waals surface area contributed by atoms with Crippen LogP contribution in [-0.4, -0.2) is 12.4 Å². The number of para-hydroxylation sites is 1. The molecule has 1 heterocycles. The maximum absolute atomic E-state index is 6.10. The molecule has 0 spiro atoms. The lowest BCUT2D eigenvalue weighted by Crippen LogP contribution is -1.88. The summed E-state index contributed by atoms with van der Waals surface area (Å²) in [6.45, 7) is 0. The normalized spacial score (nSPS) is 15.2. The Hall–Kier alpha value is -2.10. The molecule has 0 fully saturated rings. The average Bonchev–Trinajstić information content (AvgIpc) is 3.01. The molecule has 1 aliphatic carbocycles. The summed E-state index contributed by atoms with van der Waals surface area (Å²) in [7, 11) is 0. The fraction of sp³-hybridized carbons (Fsp3) is 0.111. The minimum atomic E-state index is 0.600. The molecule has 0 bridgehead atoms. The van der Waals surface area contributed by atoms with E-state index in [0.717, 1.165) is 18.5 Å². The number of hydrogen-bond acceptors (Lipinski definition) is 3. The van der Waals surface area contributed by atoms with Gasteiger partial charge in [-0.1, -0.05) is 47.5 Å². The quantitative estimate of drug-likeness (QED) is 0.636. The van der Waals surface area contributed by atoms with E-state index in [2.05, 4.69) is 9.98 Å². The lowest BCUT2D eigenvalue weighted by molar-refractivity contribution is 0.553. The van der Waals surface area contributed by atoms with Crippen LogP contribution in [0.4, 0.5) is 5.69 Å². The van der Waals surface area contributed by atoms with Crippen LogP contribution in [0.25, 0.3) is 0 Å². The van der Waals surface area contributed by atoms with Gasteiger partial charge in [0.15, 0.2) is 0 Å². The summed E-state index contributed by atoms with van der Waals surface area (Å²) < 4.78 is 5.64. The van der Waals surface area contributed by atoms with Crippen molar-refractivity contribution in [2.75, 3.05) is 0 Å². The van der Waals surface area contributed by atoms with Crippen molar-refractivity contribution in [2.45, 2.75) is 12.8 Å². The fourth-order valence-corrected chi connectivity index (χ4v) is 2.50. The van der Waals surface area contributed by atoms with Crippen molar-refractivity contribution in [3.8, 4) is 0 Å². The van der Waals surface area contributed by atoms with Crippen LogP contribution in [0.5, 0.6) is 0 Å². The van der Waals surface area contributed by atoms with Crippen molar-refractivity contribution in [3.05, 3.63) is 75.8 Å². The Labute approximate surface area is 144 Å². The van der Waals surface area contributed by atoms with Gasteiger partial charge >= 0.3 is 0 Å². The first-order valence-electron chi connectivity index (χ1n) is 7.21. The average molecular weight is 345 g/mol. The predicted octanol–water partition coefficient (Wildman–Crippen LogP) is 5.90. The maximum Gasteiger partial charge on any atom is 0.145 e. The third-order valence-electron chi connectivity index (χ3n) is 3.23. The molecule has 3 rings (SSSR count). The molecule has 1 aliphatic rings. The third-order valence-corrected chi connectivity index (χ3v) is 3.90. The molecule has 0 saturated carbocycles. The van der Waals surface area contributed by atoms with E-state index >= 15 is 0 Å². The van der Waals surface area contributed by atoms with Gasteiger partial charge < -0.3 is 4.42 Å². The van der Waals surface area contributed by atoms with Crippen molar-refractivity contribution in [1.82, 2.24) is 0 Å². The van der Waals surface area contributed by atoms with Crippen molar-refractivity contribution >= 4 is 41.3 Å².